The lowest BCUT2D eigenvalue weighted by molar-refractivity contribution is -0.938. The molecule has 0 heterocycles. The van der Waals surface area contributed by atoms with E-state index in [2.05, 4.69) is 43.3 Å². The lowest BCUT2D eigenvalue weighted by Crippen LogP contribution is -3.00. The lowest BCUT2D eigenvalue weighted by Gasteiger charge is -2.38. The van der Waals surface area contributed by atoms with Gasteiger partial charge in [-0.3, -0.25) is 0 Å². The topological polar surface area (TPSA) is 29.4 Å². The zero-order valence-corrected chi connectivity index (χ0v) is 14.0. The van der Waals surface area contributed by atoms with Crippen molar-refractivity contribution in [2.45, 2.75) is 38.7 Å². The fraction of sp³-hybridized carbons (Fsp3) is 0.600. The molecule has 0 saturated carbocycles. The van der Waals surface area contributed by atoms with Gasteiger partial charge in [0.1, 0.15) is 6.54 Å². The Morgan fingerprint density at radius 2 is 1.75 bits per heavy atom. The highest BCUT2D eigenvalue weighted by Gasteiger charge is 2.30. The maximum Gasteiger partial charge on any atom is 0.178 e. The molecule has 0 amide bonds. The van der Waals surface area contributed by atoms with Gasteiger partial charge in [0, 0.05) is 12.0 Å². The number of nitrogens with zero attached hydrogens (tertiary/aromatic N) is 2. The van der Waals surface area contributed by atoms with Crippen LogP contribution >= 0.6 is 11.6 Å². The van der Waals surface area contributed by atoms with E-state index >= 15 is 0 Å². The molecule has 5 heteroatoms. The number of benzene rings is 1. The molecule has 1 atom stereocenters. The van der Waals surface area contributed by atoms with Gasteiger partial charge < -0.3 is 16.9 Å². The molecule has 1 rings (SSSR count). The number of alkyl halides is 1. The van der Waals surface area contributed by atoms with E-state index in [9.17, 15) is 4.91 Å². The molecule has 0 aliphatic heterocycles. The average Bonchev–Trinajstić information content (AvgIpc) is 2.45. The van der Waals surface area contributed by atoms with Crippen molar-refractivity contribution in [3.05, 3.63) is 40.8 Å². The van der Waals surface area contributed by atoms with Crippen molar-refractivity contribution in [3.8, 4) is 0 Å². The van der Waals surface area contributed by atoms with Gasteiger partial charge in [0.25, 0.3) is 0 Å². The predicted octanol–water partition coefficient (Wildman–Crippen LogP) is 1.16. The number of halogens is 2. The summed E-state index contributed by atoms with van der Waals surface area (Å²) in [6, 6.07) is 10.5. The number of hydrogen-bond acceptors (Lipinski definition) is 2. The molecular formula is C15H24Cl2N2O. The fourth-order valence-electron chi connectivity index (χ4n) is 2.30. The molecule has 0 fully saturated rings. The van der Waals surface area contributed by atoms with Crippen LogP contribution in [-0.4, -0.2) is 29.1 Å². The molecule has 0 aromatic heterocycles. The van der Waals surface area contributed by atoms with Gasteiger partial charge in [0.15, 0.2) is 5.00 Å². The summed E-state index contributed by atoms with van der Waals surface area (Å²) in [6.07, 6.45) is 0.604. The van der Waals surface area contributed by atoms with Crippen LogP contribution in [0, 0.1) is 4.91 Å². The summed E-state index contributed by atoms with van der Waals surface area (Å²) in [4.78, 5) is 9.71. The first kappa shape index (κ1) is 19.4. The van der Waals surface area contributed by atoms with E-state index in [-0.39, 0.29) is 12.4 Å². The van der Waals surface area contributed by atoms with E-state index in [1.165, 1.54) is 5.56 Å². The maximum absolute atomic E-state index is 10.7. The van der Waals surface area contributed by atoms with Crippen molar-refractivity contribution in [1.82, 2.24) is 0 Å². The Morgan fingerprint density at radius 1 is 1.20 bits per heavy atom. The van der Waals surface area contributed by atoms with Crippen LogP contribution in [0.3, 0.4) is 0 Å². The summed E-state index contributed by atoms with van der Waals surface area (Å²) in [5, 5.41) is 3.00. The maximum atomic E-state index is 10.7. The van der Waals surface area contributed by atoms with Crippen LogP contribution in [0.15, 0.2) is 35.5 Å². The van der Waals surface area contributed by atoms with Gasteiger partial charge in [-0.2, -0.15) is 0 Å². The van der Waals surface area contributed by atoms with Crippen molar-refractivity contribution in [2.24, 2.45) is 5.18 Å². The largest absolute Gasteiger partial charge is 1.00 e. The molecule has 0 aliphatic rings. The molecule has 1 unspecified atom stereocenters. The lowest BCUT2D eigenvalue weighted by atomic mass is 10.1. The molecule has 3 nitrogen and oxygen atoms in total. The highest BCUT2D eigenvalue weighted by Crippen LogP contribution is 2.24. The van der Waals surface area contributed by atoms with Crippen molar-refractivity contribution < 1.29 is 16.9 Å². The molecule has 0 aliphatic carbocycles. The number of quaternary nitrogens is 1. The highest BCUT2D eigenvalue weighted by molar-refractivity contribution is 6.23. The summed E-state index contributed by atoms with van der Waals surface area (Å²) in [5.41, 5.74) is 1.32. The Morgan fingerprint density at radius 3 is 2.20 bits per heavy atom. The normalized spacial score (nSPS) is 14.2. The zero-order valence-electron chi connectivity index (χ0n) is 12.5. The molecule has 0 N–H and O–H groups in total. The number of nitroso groups, excluding NO2 is 1. The molecule has 0 spiro atoms. The summed E-state index contributed by atoms with van der Waals surface area (Å²) in [6.45, 7) is 9.95. The summed E-state index contributed by atoms with van der Waals surface area (Å²) < 4.78 is 0.932. The van der Waals surface area contributed by atoms with Crippen molar-refractivity contribution in [1.29, 1.82) is 0 Å². The second-order valence-corrected chi connectivity index (χ2v) is 6.14. The third-order valence-corrected chi connectivity index (χ3v) is 4.19. The monoisotopic (exact) mass is 318 g/mol. The van der Waals surface area contributed by atoms with Gasteiger partial charge >= 0.3 is 0 Å². The van der Waals surface area contributed by atoms with Crippen LogP contribution in [0.25, 0.3) is 0 Å². The zero-order chi connectivity index (χ0) is 14.4. The van der Waals surface area contributed by atoms with Crippen LogP contribution in [0.2, 0.25) is 0 Å². The summed E-state index contributed by atoms with van der Waals surface area (Å²) in [7, 11) is 0. The van der Waals surface area contributed by atoms with E-state index in [0.717, 1.165) is 30.7 Å². The Kier molecular flexibility index (Phi) is 8.33. The smallest absolute Gasteiger partial charge is 0.178 e. The third kappa shape index (κ3) is 5.78. The van der Waals surface area contributed by atoms with E-state index in [0.29, 0.717) is 6.42 Å². The Balaban J connectivity index is 0.00000361. The molecule has 0 radical (unpaired) electrons. The van der Waals surface area contributed by atoms with Gasteiger partial charge in [0.2, 0.25) is 0 Å². The molecule has 20 heavy (non-hydrogen) atoms. The van der Waals surface area contributed by atoms with Crippen LogP contribution in [0.5, 0.6) is 0 Å². The summed E-state index contributed by atoms with van der Waals surface area (Å²) >= 11 is 6.05. The second-order valence-electron chi connectivity index (χ2n) is 5.33. The third-order valence-electron chi connectivity index (χ3n) is 3.94. The van der Waals surface area contributed by atoms with E-state index in [1.54, 1.807) is 6.92 Å². The Bertz CT molecular complexity index is 392. The van der Waals surface area contributed by atoms with Crippen LogP contribution < -0.4 is 12.4 Å². The van der Waals surface area contributed by atoms with Crippen molar-refractivity contribution >= 4 is 11.6 Å². The first-order valence-corrected chi connectivity index (χ1v) is 7.27. The average molecular weight is 319 g/mol. The van der Waals surface area contributed by atoms with E-state index in [1.807, 2.05) is 6.07 Å². The van der Waals surface area contributed by atoms with Gasteiger partial charge in [0.05, 0.1) is 19.6 Å². The van der Waals surface area contributed by atoms with Gasteiger partial charge in [-0.15, -0.1) is 4.91 Å². The Labute approximate surface area is 133 Å². The second kappa shape index (κ2) is 8.60. The number of rotatable bonds is 8. The van der Waals surface area contributed by atoms with Gasteiger partial charge in [-0.25, -0.2) is 0 Å². The predicted molar refractivity (Wildman–Crippen MR) is 81.0 cm³/mol. The number of hydrogen-bond donors (Lipinski definition) is 0. The SMILES string of the molecule is CC[N+](CC)(CCC(C)(Cl)N=O)Cc1ccccc1.[Cl-]. The van der Waals surface area contributed by atoms with Crippen LogP contribution in [0.1, 0.15) is 32.8 Å². The molecule has 1 aromatic rings. The molecule has 1 aromatic carbocycles. The minimum atomic E-state index is -0.982. The molecule has 0 saturated heterocycles. The van der Waals surface area contributed by atoms with E-state index in [4.69, 9.17) is 11.6 Å². The first-order valence-electron chi connectivity index (χ1n) is 6.89. The molecular weight excluding hydrogens is 295 g/mol. The molecule has 114 valence electrons. The summed E-state index contributed by atoms with van der Waals surface area (Å²) in [5.74, 6) is 0. The van der Waals surface area contributed by atoms with Gasteiger partial charge in [-0.05, 0) is 25.9 Å². The van der Waals surface area contributed by atoms with Crippen molar-refractivity contribution in [3.63, 3.8) is 0 Å². The standard InChI is InChI=1S/C15H24ClN2O.ClH/c1-4-18(5-2,12-11-15(3,16)17-19)13-14-9-7-6-8-10-14;/h6-10H,4-5,11-13H2,1-3H3;1H/q+1;/p-1. The fourth-order valence-corrected chi connectivity index (χ4v) is 2.38. The van der Waals surface area contributed by atoms with E-state index < -0.39 is 5.00 Å². The Hall–Kier alpha value is -0.640. The minimum absolute atomic E-state index is 0. The van der Waals surface area contributed by atoms with Gasteiger partial charge in [-0.1, -0.05) is 41.9 Å². The van der Waals surface area contributed by atoms with Crippen LogP contribution in [-0.2, 0) is 6.54 Å². The minimum Gasteiger partial charge on any atom is -1.00 e. The van der Waals surface area contributed by atoms with Crippen molar-refractivity contribution in [2.75, 3.05) is 19.6 Å². The highest BCUT2D eigenvalue weighted by atomic mass is 35.5. The quantitative estimate of drug-likeness (QED) is 0.306. The van der Waals surface area contributed by atoms with Crippen LogP contribution in [0.4, 0.5) is 0 Å². The molecule has 0 bridgehead atoms. The first-order chi connectivity index (χ1) is 8.97.